The molecule has 4 heteroatoms. The Hall–Kier alpha value is -1.78. The van der Waals surface area contributed by atoms with Gasteiger partial charge in [0.2, 0.25) is 0 Å². The van der Waals surface area contributed by atoms with Gasteiger partial charge in [0.25, 0.3) is 0 Å². The van der Waals surface area contributed by atoms with Crippen LogP contribution in [-0.2, 0) is 9.59 Å². The van der Waals surface area contributed by atoms with E-state index in [0.29, 0.717) is 0 Å². The number of carbonyl (C=O) groups is 2. The number of hydrogen-bond donors (Lipinski definition) is 0. The Morgan fingerprint density at radius 2 is 1.65 bits per heavy atom. The second kappa shape index (κ2) is 6.59. The summed E-state index contributed by atoms with van der Waals surface area (Å²) in [7, 11) is 0. The molecule has 0 atom stereocenters. The first-order valence-corrected chi connectivity index (χ1v) is 8.03. The smallest absolute Gasteiger partial charge is 0.193 e. The lowest BCUT2D eigenvalue weighted by molar-refractivity contribution is -0.107. The zero-order chi connectivity index (χ0) is 14.5. The van der Waals surface area contributed by atoms with Gasteiger partial charge in [-0.3, -0.25) is 9.59 Å². The van der Waals surface area contributed by atoms with Crippen LogP contribution in [0.25, 0.3) is 10.8 Å². The molecular formula is C16H16O2S2. The Balaban J connectivity index is 2.39. The molecule has 0 saturated carbocycles. The van der Waals surface area contributed by atoms with Gasteiger partial charge in [-0.1, -0.05) is 31.4 Å². The summed E-state index contributed by atoms with van der Waals surface area (Å²) in [6.45, 7) is 6.99. The molecule has 0 bridgehead atoms. The van der Waals surface area contributed by atoms with E-state index >= 15 is 0 Å². The molecule has 0 aliphatic heterocycles. The molecule has 2 aromatic rings. The average molecular weight is 304 g/mol. The summed E-state index contributed by atoms with van der Waals surface area (Å²) in [4.78, 5) is 24.9. The van der Waals surface area contributed by atoms with Gasteiger partial charge in [-0.25, -0.2) is 0 Å². The molecule has 0 aliphatic rings. The molecule has 0 fully saturated rings. The molecule has 0 aromatic heterocycles. The minimum Gasteiger partial charge on any atom is -0.284 e. The maximum atomic E-state index is 11.5. The van der Waals surface area contributed by atoms with E-state index in [1.54, 1.807) is 0 Å². The molecule has 0 unspecified atom stereocenters. The first-order valence-electron chi connectivity index (χ1n) is 6.03. The normalized spacial score (nSPS) is 12.2. The molecule has 0 spiro atoms. The quantitative estimate of drug-likeness (QED) is 0.812. The van der Waals surface area contributed by atoms with Crippen molar-refractivity contribution in [2.24, 2.45) is 0 Å². The van der Waals surface area contributed by atoms with Crippen molar-refractivity contribution in [1.29, 1.82) is 0 Å². The van der Waals surface area contributed by atoms with E-state index in [-0.39, 0.29) is 33.8 Å². The summed E-state index contributed by atoms with van der Waals surface area (Å²) in [5.74, 6) is 0. The predicted molar refractivity (Wildman–Crippen MR) is 91.7 cm³/mol. The molecule has 20 heavy (non-hydrogen) atoms. The molecule has 0 N–H and O–H groups in total. The third-order valence-corrected chi connectivity index (χ3v) is 4.98. The van der Waals surface area contributed by atoms with Gasteiger partial charge in [-0.2, -0.15) is 23.5 Å². The molecular weight excluding hydrogens is 288 g/mol. The van der Waals surface area contributed by atoms with E-state index < -0.39 is 0 Å². The highest BCUT2D eigenvalue weighted by Gasteiger charge is 2.04. The third-order valence-electron chi connectivity index (χ3n) is 2.78. The topological polar surface area (TPSA) is 34.1 Å². The van der Waals surface area contributed by atoms with Crippen LogP contribution in [0.3, 0.4) is 0 Å². The minimum atomic E-state index is 0.0317. The Morgan fingerprint density at radius 1 is 0.950 bits per heavy atom. The van der Waals surface area contributed by atoms with Gasteiger partial charge in [-0.15, -0.1) is 0 Å². The summed E-state index contributed by atoms with van der Waals surface area (Å²) < 4.78 is 0. The maximum Gasteiger partial charge on any atom is 0.193 e. The number of benzene rings is 2. The zero-order valence-electron chi connectivity index (χ0n) is 10.8. The van der Waals surface area contributed by atoms with E-state index in [4.69, 9.17) is 0 Å². The predicted octanol–water partition coefficient (Wildman–Crippen LogP) is 3.38. The van der Waals surface area contributed by atoms with Crippen molar-refractivity contribution in [1.82, 2.24) is 0 Å². The van der Waals surface area contributed by atoms with E-state index in [1.165, 1.54) is 12.2 Å². The first kappa shape index (κ1) is 14.6. The molecule has 2 aromatic carbocycles. The number of rotatable bonds is 4. The summed E-state index contributed by atoms with van der Waals surface area (Å²) in [6, 6.07) is 11.8. The van der Waals surface area contributed by atoms with Crippen LogP contribution in [0.2, 0.25) is 0 Å². The van der Waals surface area contributed by atoms with E-state index in [2.05, 4.69) is 13.2 Å². The van der Waals surface area contributed by atoms with Crippen molar-refractivity contribution >= 4 is 44.5 Å². The van der Waals surface area contributed by atoms with Crippen molar-refractivity contribution in [3.05, 3.63) is 61.7 Å². The summed E-state index contributed by atoms with van der Waals surface area (Å²) in [5, 5.41) is 2.17. The maximum absolute atomic E-state index is 11.5. The van der Waals surface area contributed by atoms with E-state index in [1.807, 2.05) is 36.4 Å². The summed E-state index contributed by atoms with van der Waals surface area (Å²) in [5.41, 5.74) is 0. The van der Waals surface area contributed by atoms with E-state index in [0.717, 1.165) is 20.6 Å². The van der Waals surface area contributed by atoms with Gasteiger partial charge in [0.15, 0.2) is 10.2 Å². The molecule has 0 saturated heterocycles. The largest absolute Gasteiger partial charge is 0.284 e. The molecule has 0 aliphatic carbocycles. The van der Waals surface area contributed by atoms with Crippen molar-refractivity contribution in [3.8, 4) is 0 Å². The second-order valence-corrected chi connectivity index (χ2v) is 6.73. The molecule has 0 amide bonds. The fraction of sp³-hybridized carbons (Fsp3) is 0. The van der Waals surface area contributed by atoms with Crippen LogP contribution in [0.1, 0.15) is 0 Å². The fourth-order valence-corrected chi connectivity index (χ4v) is 3.54. The van der Waals surface area contributed by atoms with Crippen LogP contribution in [0, 0.1) is 0 Å². The number of carbonyl (C=O) groups excluding carboxylic acids is 2. The monoisotopic (exact) mass is 304 g/mol. The van der Waals surface area contributed by atoms with Gasteiger partial charge in [0, 0.05) is 0 Å². The fourth-order valence-electron chi connectivity index (χ4n) is 1.85. The number of fused-ring (bicyclic) bond motifs is 1. The lowest BCUT2D eigenvalue weighted by atomic mass is 10.1. The van der Waals surface area contributed by atoms with Gasteiger partial charge in [-0.05, 0) is 50.9 Å². The highest BCUT2D eigenvalue weighted by atomic mass is 32.2. The Labute approximate surface area is 125 Å². The lowest BCUT2D eigenvalue weighted by Gasteiger charge is -2.08. The van der Waals surface area contributed by atoms with Gasteiger partial charge >= 0.3 is 0 Å². The lowest BCUT2D eigenvalue weighted by Crippen LogP contribution is -1.87. The van der Waals surface area contributed by atoms with Crippen molar-refractivity contribution in [2.45, 2.75) is 9.79 Å². The molecule has 0 radical (unpaired) electrons. The summed E-state index contributed by atoms with van der Waals surface area (Å²) in [6.07, 6.45) is 2.71. The van der Waals surface area contributed by atoms with Crippen LogP contribution in [0.5, 0.6) is 0 Å². The van der Waals surface area contributed by atoms with Crippen LogP contribution in [0.4, 0.5) is 0 Å². The van der Waals surface area contributed by atoms with Crippen LogP contribution in [0.15, 0.2) is 71.5 Å². The average Bonchev–Trinajstić information content (AvgIpc) is 2.47. The van der Waals surface area contributed by atoms with Crippen LogP contribution in [-0.4, -0.2) is 10.2 Å². The Kier molecular flexibility index (Phi) is 4.82. The minimum absolute atomic E-state index is 0.0317. The molecule has 0 heterocycles. The van der Waals surface area contributed by atoms with Gasteiger partial charge in [0.05, 0.1) is 0 Å². The zero-order valence-corrected chi connectivity index (χ0v) is 12.8. The van der Waals surface area contributed by atoms with Gasteiger partial charge in [0.1, 0.15) is 0 Å². The van der Waals surface area contributed by atoms with Crippen molar-refractivity contribution in [2.75, 3.05) is 0 Å². The highest BCUT2D eigenvalue weighted by molar-refractivity contribution is 8.14. The van der Waals surface area contributed by atoms with Crippen molar-refractivity contribution < 1.29 is 9.59 Å². The van der Waals surface area contributed by atoms with Crippen molar-refractivity contribution in [3.63, 3.8) is 0 Å². The SMILES string of the molecule is C=CC(=O)[SH2]c1ccc2c([SH2]C(=O)C=C)cccc2c1. The van der Waals surface area contributed by atoms with Crippen LogP contribution < -0.4 is 0 Å². The number of hydrogen-bond acceptors (Lipinski definition) is 2. The summed E-state index contributed by atoms with van der Waals surface area (Å²) >= 11 is 0.184. The Morgan fingerprint density at radius 3 is 2.35 bits per heavy atom. The van der Waals surface area contributed by atoms with Crippen LogP contribution >= 0.6 is 23.5 Å². The highest BCUT2D eigenvalue weighted by Crippen LogP contribution is 2.31. The molecule has 2 rings (SSSR count). The van der Waals surface area contributed by atoms with Gasteiger partial charge < -0.3 is 0 Å². The standard InChI is InChI=1S/C16H16O2S2/c1-3-15(17)19-12-8-9-13-11(10-12)6-5-7-14(13)20-16(18)4-2/h3-10H,1-2,19-20H2. The molecule has 104 valence electrons. The first-order chi connectivity index (χ1) is 9.63. The molecule has 2 nitrogen and oxygen atoms in total. The Bertz CT molecular complexity index is 705. The second-order valence-electron chi connectivity index (χ2n) is 4.13. The van der Waals surface area contributed by atoms with E-state index in [9.17, 15) is 9.59 Å². The third kappa shape index (κ3) is 3.40.